The SMILES string of the molecule is CCC(C)(C[C@H]1O[C@@H](n2cc(C)c(=O)[nH]c2=O)[C@H](O)[C@@H]1O)OP(=O)(O)[C@@](C)(O)CC. The van der Waals surface area contributed by atoms with Crippen molar-refractivity contribution in [2.24, 2.45) is 0 Å². The first-order valence-electron chi connectivity index (χ1n) is 9.77. The lowest BCUT2D eigenvalue weighted by Crippen LogP contribution is -2.40. The van der Waals surface area contributed by atoms with Gasteiger partial charge in [-0.1, -0.05) is 13.8 Å². The normalized spacial score (nSPS) is 30.4. The highest BCUT2D eigenvalue weighted by molar-refractivity contribution is 7.54. The largest absolute Gasteiger partial charge is 0.388 e. The zero-order valence-electron chi connectivity index (χ0n) is 17.7. The molecule has 0 radical (unpaired) electrons. The summed E-state index contributed by atoms with van der Waals surface area (Å²) in [5.41, 5.74) is -2.45. The molecular weight excluding hydrogens is 419 g/mol. The van der Waals surface area contributed by atoms with E-state index in [1.165, 1.54) is 27.0 Å². The maximum absolute atomic E-state index is 12.6. The molecule has 1 aromatic rings. The number of ether oxygens (including phenoxy) is 1. The second kappa shape index (κ2) is 8.66. The van der Waals surface area contributed by atoms with Crippen molar-refractivity contribution < 1.29 is 34.0 Å². The van der Waals surface area contributed by atoms with Gasteiger partial charge in [0.1, 0.15) is 12.2 Å². The standard InChI is InChI=1S/C18H31N2O9P/c1-6-17(4,29-30(26,27)18(5,25)7-2)8-11-12(21)13(22)15(28-11)20-9-10(3)14(23)19-16(20)24/h9,11-13,15,21-22,25H,6-8H2,1-5H3,(H,26,27)(H,19,23,24)/t11-,12-,13-,15-,17?,18-/m1/s1. The quantitative estimate of drug-likeness (QED) is 0.350. The Kier molecular flexibility index (Phi) is 7.20. The highest BCUT2D eigenvalue weighted by Gasteiger charge is 2.50. The molecule has 11 nitrogen and oxygen atoms in total. The van der Waals surface area contributed by atoms with Gasteiger partial charge in [-0.3, -0.25) is 18.9 Å². The van der Waals surface area contributed by atoms with Crippen molar-refractivity contribution >= 4 is 7.60 Å². The van der Waals surface area contributed by atoms with Gasteiger partial charge in [-0.25, -0.2) is 4.79 Å². The van der Waals surface area contributed by atoms with Crippen LogP contribution in [0.25, 0.3) is 0 Å². The van der Waals surface area contributed by atoms with Gasteiger partial charge in [0.05, 0.1) is 11.7 Å². The molecular formula is C18H31N2O9P. The number of aryl methyl sites for hydroxylation is 1. The van der Waals surface area contributed by atoms with Crippen LogP contribution in [0.3, 0.4) is 0 Å². The molecule has 30 heavy (non-hydrogen) atoms. The molecule has 0 spiro atoms. The average Bonchev–Trinajstić information content (AvgIpc) is 2.92. The number of H-pyrrole nitrogens is 1. The summed E-state index contributed by atoms with van der Waals surface area (Å²) in [4.78, 5) is 36.1. The number of hydrogen-bond donors (Lipinski definition) is 5. The summed E-state index contributed by atoms with van der Waals surface area (Å²) < 4.78 is 24.7. The minimum atomic E-state index is -4.46. The zero-order chi connectivity index (χ0) is 23.1. The fourth-order valence-electron chi connectivity index (χ4n) is 3.17. The van der Waals surface area contributed by atoms with Gasteiger partial charge in [-0.15, -0.1) is 0 Å². The molecule has 0 saturated carbocycles. The highest BCUT2D eigenvalue weighted by atomic mass is 31.2. The molecule has 1 aliphatic heterocycles. The molecule has 1 saturated heterocycles. The highest BCUT2D eigenvalue weighted by Crippen LogP contribution is 2.59. The monoisotopic (exact) mass is 450 g/mol. The summed E-state index contributed by atoms with van der Waals surface area (Å²) in [6.07, 6.45) is -3.87. The Bertz CT molecular complexity index is 927. The Morgan fingerprint density at radius 3 is 2.37 bits per heavy atom. The summed E-state index contributed by atoms with van der Waals surface area (Å²) in [7, 11) is -4.46. The Morgan fingerprint density at radius 1 is 1.23 bits per heavy atom. The lowest BCUT2D eigenvalue weighted by molar-refractivity contribution is -0.0715. The molecule has 12 heteroatoms. The Hall–Kier alpha value is -1.33. The van der Waals surface area contributed by atoms with Gasteiger partial charge in [0.15, 0.2) is 11.6 Å². The molecule has 0 bridgehead atoms. The van der Waals surface area contributed by atoms with E-state index in [2.05, 4.69) is 4.98 Å². The van der Waals surface area contributed by atoms with E-state index in [1.807, 2.05) is 0 Å². The van der Waals surface area contributed by atoms with E-state index in [1.54, 1.807) is 13.8 Å². The van der Waals surface area contributed by atoms with Gasteiger partial charge in [0.25, 0.3) is 5.56 Å². The first kappa shape index (κ1) is 24.9. The van der Waals surface area contributed by atoms with Crippen LogP contribution >= 0.6 is 7.60 Å². The minimum absolute atomic E-state index is 0.0155. The predicted octanol–water partition coefficient (Wildman–Crippen LogP) is 0.344. The van der Waals surface area contributed by atoms with Gasteiger partial charge < -0.3 is 29.5 Å². The first-order chi connectivity index (χ1) is 13.7. The molecule has 2 unspecified atom stereocenters. The number of aromatic nitrogens is 2. The van der Waals surface area contributed by atoms with Crippen LogP contribution in [0, 0.1) is 6.92 Å². The molecule has 7 atom stereocenters. The Labute approximate surface area is 173 Å². The van der Waals surface area contributed by atoms with E-state index in [4.69, 9.17) is 9.26 Å². The maximum Gasteiger partial charge on any atom is 0.359 e. The fourth-order valence-corrected chi connectivity index (χ4v) is 4.57. The van der Waals surface area contributed by atoms with E-state index >= 15 is 0 Å². The minimum Gasteiger partial charge on any atom is -0.388 e. The molecule has 0 amide bonds. The van der Waals surface area contributed by atoms with Crippen LogP contribution in [-0.2, 0) is 13.8 Å². The second-order valence-corrected chi connectivity index (χ2v) is 10.4. The number of aromatic amines is 1. The fraction of sp³-hybridized carbons (Fsp3) is 0.778. The van der Waals surface area contributed by atoms with Crippen molar-refractivity contribution in [2.75, 3.05) is 0 Å². The summed E-state index contributed by atoms with van der Waals surface area (Å²) in [5.74, 6) is 0. The van der Waals surface area contributed by atoms with Gasteiger partial charge >= 0.3 is 13.3 Å². The molecule has 2 heterocycles. The number of nitrogens with zero attached hydrogens (tertiary/aromatic N) is 1. The van der Waals surface area contributed by atoms with Crippen LogP contribution < -0.4 is 11.2 Å². The van der Waals surface area contributed by atoms with E-state index < -0.39 is 54.3 Å². The molecule has 1 aliphatic rings. The molecule has 1 aromatic heterocycles. The van der Waals surface area contributed by atoms with Gasteiger partial charge in [0.2, 0.25) is 0 Å². The number of aliphatic hydroxyl groups is 3. The van der Waals surface area contributed by atoms with Crippen LogP contribution in [0.15, 0.2) is 15.8 Å². The lowest BCUT2D eigenvalue weighted by Gasteiger charge is -2.37. The van der Waals surface area contributed by atoms with Crippen molar-refractivity contribution in [2.45, 2.75) is 89.4 Å². The third-order valence-electron chi connectivity index (χ3n) is 5.76. The molecule has 0 aromatic carbocycles. The van der Waals surface area contributed by atoms with Gasteiger partial charge in [-0.2, -0.15) is 0 Å². The van der Waals surface area contributed by atoms with Crippen LogP contribution in [0.1, 0.15) is 58.7 Å². The number of aliphatic hydroxyl groups excluding tert-OH is 2. The Balaban J connectivity index is 2.28. The molecule has 0 aliphatic carbocycles. The topological polar surface area (TPSA) is 171 Å². The summed E-state index contributed by atoms with van der Waals surface area (Å²) in [6.45, 7) is 7.46. The zero-order valence-corrected chi connectivity index (χ0v) is 18.6. The number of rotatable bonds is 8. The second-order valence-electron chi connectivity index (χ2n) is 8.21. The molecule has 1 fully saturated rings. The van der Waals surface area contributed by atoms with E-state index in [-0.39, 0.29) is 24.8 Å². The molecule has 172 valence electrons. The molecule has 2 rings (SSSR count). The van der Waals surface area contributed by atoms with Crippen molar-refractivity contribution in [3.05, 3.63) is 32.6 Å². The summed E-state index contributed by atoms with van der Waals surface area (Å²) in [5, 5.41) is 29.1. The summed E-state index contributed by atoms with van der Waals surface area (Å²) in [6, 6.07) is 0. The van der Waals surface area contributed by atoms with E-state index in [0.717, 1.165) is 4.57 Å². The number of nitrogens with one attached hydrogen (secondary N) is 1. The van der Waals surface area contributed by atoms with Crippen LogP contribution in [-0.4, -0.2) is 59.0 Å². The van der Waals surface area contributed by atoms with Crippen LogP contribution in [0.2, 0.25) is 0 Å². The van der Waals surface area contributed by atoms with Gasteiger partial charge in [0, 0.05) is 18.2 Å². The van der Waals surface area contributed by atoms with Crippen LogP contribution in [0.5, 0.6) is 0 Å². The first-order valence-corrected chi connectivity index (χ1v) is 11.4. The van der Waals surface area contributed by atoms with Crippen LogP contribution in [0.4, 0.5) is 0 Å². The van der Waals surface area contributed by atoms with E-state index in [0.29, 0.717) is 0 Å². The van der Waals surface area contributed by atoms with Crippen molar-refractivity contribution in [1.82, 2.24) is 9.55 Å². The third-order valence-corrected chi connectivity index (χ3v) is 7.98. The lowest BCUT2D eigenvalue weighted by atomic mass is 9.93. The maximum atomic E-state index is 12.6. The molecule has 5 N–H and O–H groups in total. The average molecular weight is 450 g/mol. The van der Waals surface area contributed by atoms with Crippen molar-refractivity contribution in [3.8, 4) is 0 Å². The van der Waals surface area contributed by atoms with E-state index in [9.17, 15) is 34.4 Å². The Morgan fingerprint density at radius 2 is 1.83 bits per heavy atom. The smallest absolute Gasteiger partial charge is 0.359 e. The van der Waals surface area contributed by atoms with Crippen molar-refractivity contribution in [1.29, 1.82) is 0 Å². The van der Waals surface area contributed by atoms with Gasteiger partial charge in [-0.05, 0) is 33.6 Å². The number of hydrogen-bond acceptors (Lipinski definition) is 8. The predicted molar refractivity (Wildman–Crippen MR) is 107 cm³/mol. The third kappa shape index (κ3) is 4.77. The summed E-state index contributed by atoms with van der Waals surface area (Å²) >= 11 is 0. The van der Waals surface area contributed by atoms with Crippen molar-refractivity contribution in [3.63, 3.8) is 0 Å².